The van der Waals surface area contributed by atoms with Gasteiger partial charge in [0.25, 0.3) is 0 Å². The lowest BCUT2D eigenvalue weighted by atomic mass is 9.55. The van der Waals surface area contributed by atoms with Gasteiger partial charge in [0.05, 0.1) is 38.0 Å². The molecule has 2 N–H and O–H groups in total. The Labute approximate surface area is 402 Å². The number of hydrogen-bond acceptors (Lipinski definition) is 11. The van der Waals surface area contributed by atoms with Crippen LogP contribution in [0.25, 0.3) is 10.8 Å². The van der Waals surface area contributed by atoms with E-state index in [4.69, 9.17) is 33.7 Å². The summed E-state index contributed by atoms with van der Waals surface area (Å²) in [5.41, 5.74) is 4.07. The summed E-state index contributed by atoms with van der Waals surface area (Å²) in [5.74, 6) is -0.533. The fourth-order valence-electron chi connectivity index (χ4n) is 10.5. The molecule has 4 aromatic rings. The zero-order valence-electron chi connectivity index (χ0n) is 40.2. The zero-order valence-corrected chi connectivity index (χ0v) is 40.2. The maximum Gasteiger partial charge on any atom is 0.410 e. The Balaban J connectivity index is 1.28. The lowest BCUT2D eigenvalue weighted by Crippen LogP contribution is -2.70. The van der Waals surface area contributed by atoms with Gasteiger partial charge < -0.3 is 38.7 Å². The number of aliphatic hydroxyl groups excluding tert-OH is 2. The first-order valence-electron chi connectivity index (χ1n) is 24.8. The third-order valence-corrected chi connectivity index (χ3v) is 13.7. The van der Waals surface area contributed by atoms with Gasteiger partial charge in [-0.25, -0.2) is 4.79 Å². The molecule has 4 aromatic carbocycles. The number of unbranched alkanes of at least 4 members (excludes halogenated alkanes) is 2. The largest absolute Gasteiger partial charge is 0.492 e. The summed E-state index contributed by atoms with van der Waals surface area (Å²) in [5, 5.41) is 27.2. The van der Waals surface area contributed by atoms with Crippen LogP contribution in [0.15, 0.2) is 120 Å². The number of aliphatic hydroxyl groups is 2. The van der Waals surface area contributed by atoms with Crippen LogP contribution in [0.3, 0.4) is 0 Å². The summed E-state index contributed by atoms with van der Waals surface area (Å²) in [6, 6.07) is 29.6. The topological polar surface area (TPSA) is 132 Å². The maximum atomic E-state index is 15.2. The molecule has 1 amide bonds. The van der Waals surface area contributed by atoms with Gasteiger partial charge in [0.1, 0.15) is 36.4 Å². The molecule has 2 aliphatic heterocycles. The van der Waals surface area contributed by atoms with Gasteiger partial charge in [0.2, 0.25) is 5.79 Å². The summed E-state index contributed by atoms with van der Waals surface area (Å²) in [6.07, 6.45) is 8.50. The number of amides is 1. The van der Waals surface area contributed by atoms with E-state index < -0.39 is 29.4 Å². The van der Waals surface area contributed by atoms with Gasteiger partial charge >= 0.3 is 6.09 Å². The summed E-state index contributed by atoms with van der Waals surface area (Å²) >= 11 is 0. The second-order valence-electron chi connectivity index (χ2n) is 19.6. The maximum absolute atomic E-state index is 15.2. The van der Waals surface area contributed by atoms with Gasteiger partial charge in [-0.2, -0.15) is 0 Å². The first-order valence-corrected chi connectivity index (χ1v) is 24.8. The van der Waals surface area contributed by atoms with E-state index in [-0.39, 0.29) is 63.8 Å². The molecule has 1 saturated carbocycles. The van der Waals surface area contributed by atoms with Crippen LogP contribution in [0, 0.1) is 17.8 Å². The molecule has 6 atom stereocenters. The van der Waals surface area contributed by atoms with Gasteiger partial charge in [-0.1, -0.05) is 103 Å². The van der Waals surface area contributed by atoms with E-state index in [1.807, 2.05) is 81.4 Å². The van der Waals surface area contributed by atoms with Crippen molar-refractivity contribution in [2.24, 2.45) is 22.9 Å². The summed E-state index contributed by atoms with van der Waals surface area (Å²) in [6.45, 7) is 14.8. The lowest BCUT2D eigenvalue weighted by Gasteiger charge is -2.60. The van der Waals surface area contributed by atoms with Crippen molar-refractivity contribution in [3.8, 4) is 11.5 Å². The molecular weight excluding hydrogens is 859 g/mol. The van der Waals surface area contributed by atoms with Crippen LogP contribution in [0.5, 0.6) is 11.5 Å². The van der Waals surface area contributed by atoms with Crippen LogP contribution in [-0.4, -0.2) is 109 Å². The molecule has 2 fully saturated rings. The van der Waals surface area contributed by atoms with Crippen LogP contribution in [0.2, 0.25) is 0 Å². The van der Waals surface area contributed by atoms with E-state index in [1.165, 1.54) is 0 Å². The normalized spacial score (nSPS) is 23.5. The van der Waals surface area contributed by atoms with Crippen molar-refractivity contribution in [1.82, 2.24) is 9.80 Å². The predicted molar refractivity (Wildman–Crippen MR) is 265 cm³/mol. The number of benzene rings is 4. The molecule has 1 saturated heterocycles. The van der Waals surface area contributed by atoms with E-state index in [0.29, 0.717) is 31.8 Å². The van der Waals surface area contributed by atoms with E-state index in [1.54, 1.807) is 11.0 Å². The molecule has 0 unspecified atom stereocenters. The lowest BCUT2D eigenvalue weighted by molar-refractivity contribution is -0.256. The first kappa shape index (κ1) is 49.2. The Morgan fingerprint density at radius 2 is 1.69 bits per heavy atom. The van der Waals surface area contributed by atoms with Gasteiger partial charge in [-0.3, -0.25) is 9.80 Å². The summed E-state index contributed by atoms with van der Waals surface area (Å²) in [7, 11) is 0. The minimum Gasteiger partial charge on any atom is -0.492 e. The van der Waals surface area contributed by atoms with Crippen LogP contribution >= 0.6 is 0 Å². The van der Waals surface area contributed by atoms with E-state index >= 15 is 4.79 Å². The van der Waals surface area contributed by atoms with E-state index in [0.717, 1.165) is 89.8 Å². The molecule has 8 rings (SSSR count). The molecule has 68 heavy (non-hydrogen) atoms. The molecule has 364 valence electrons. The number of hydrogen-bond donors (Lipinski definition) is 2. The van der Waals surface area contributed by atoms with Crippen LogP contribution in [0.4, 0.5) is 4.79 Å². The molecule has 12 heteroatoms. The van der Waals surface area contributed by atoms with Gasteiger partial charge in [-0.15, -0.1) is 6.58 Å². The standard InChI is InChI=1S/C56H71N3O9/c1-5-31-66-56-51(59(38-43-21-15-20-41-18-9-10-22-45(41)43)54(62)65-34-33-63-39-40-16-7-6-8-17-40)37-49(57-68-55(2,3)4)47-35-42(19-11-13-29-60)46(23-12-14-30-61)52(53(47)56)48-36-44(24-25-50(48)67-56)64-32-28-58-26-27-58/h5-10,15-18,20-22,24-25,35-36,42,46,51-53,60-61H,1,11-14,19,23,26-34,37-39H2,2-4H3/t42-,46+,51-,52+,53+,56+/m0/s1. The Hall–Kier alpha value is -5.24. The number of nitrogens with zero attached hydrogens (tertiary/aromatic N) is 3. The number of carbonyl (C=O) groups excluding carboxylic acids is 1. The second-order valence-corrected chi connectivity index (χ2v) is 19.6. The number of oxime groups is 1. The number of allylic oxidation sites excluding steroid dienone is 1. The Morgan fingerprint density at radius 1 is 0.926 bits per heavy atom. The van der Waals surface area contributed by atoms with Crippen molar-refractivity contribution in [3.05, 3.63) is 132 Å². The van der Waals surface area contributed by atoms with Crippen molar-refractivity contribution < 1.29 is 43.5 Å². The molecule has 0 spiro atoms. The molecule has 2 heterocycles. The van der Waals surface area contributed by atoms with E-state index in [9.17, 15) is 10.2 Å². The highest BCUT2D eigenvalue weighted by Crippen LogP contribution is 2.62. The van der Waals surface area contributed by atoms with Crippen molar-refractivity contribution >= 4 is 22.6 Å². The highest BCUT2D eigenvalue weighted by molar-refractivity contribution is 6.03. The zero-order chi connectivity index (χ0) is 47.5. The summed E-state index contributed by atoms with van der Waals surface area (Å²) in [4.78, 5) is 25.7. The fraction of sp³-hybridized carbons (Fsp3) is 0.500. The average Bonchev–Trinajstić information content (AvgIpc) is 4.17. The minimum atomic E-state index is -1.46. The summed E-state index contributed by atoms with van der Waals surface area (Å²) < 4.78 is 33.5. The molecule has 0 radical (unpaired) electrons. The monoisotopic (exact) mass is 930 g/mol. The Bertz CT molecular complexity index is 2350. The predicted octanol–water partition coefficient (Wildman–Crippen LogP) is 9.82. The Kier molecular flexibility index (Phi) is 16.6. The quantitative estimate of drug-likeness (QED) is 0.0303. The van der Waals surface area contributed by atoms with Crippen LogP contribution in [0.1, 0.15) is 88.3 Å². The highest BCUT2D eigenvalue weighted by Gasteiger charge is 2.66. The van der Waals surface area contributed by atoms with Crippen molar-refractivity contribution in [1.29, 1.82) is 0 Å². The molecule has 2 aliphatic carbocycles. The number of fused-ring (bicyclic) bond motifs is 3. The SMILES string of the molecule is C=CCO[C@@]12Oc3ccc(OCCN4CC4)cc3[C@H]3[C@H](CCCCO)[C@@H](CCCCO)C=C(C(=NOC(C)(C)C)C[C@@H]1N(Cc1cccc4ccccc14)C(=O)OCCOCc1ccccc1)[C@H]32. The molecule has 0 bridgehead atoms. The smallest absolute Gasteiger partial charge is 0.410 e. The van der Waals surface area contributed by atoms with Gasteiger partial charge in [0, 0.05) is 50.8 Å². The van der Waals surface area contributed by atoms with E-state index in [2.05, 4.69) is 47.9 Å². The second kappa shape index (κ2) is 22.9. The van der Waals surface area contributed by atoms with Crippen LogP contribution in [-0.2, 0) is 32.2 Å². The molecule has 0 aromatic heterocycles. The number of carbonyl (C=O) groups is 1. The fourth-order valence-corrected chi connectivity index (χ4v) is 10.5. The third kappa shape index (κ3) is 11.8. The third-order valence-electron chi connectivity index (χ3n) is 13.7. The first-order chi connectivity index (χ1) is 33.1. The van der Waals surface area contributed by atoms with Crippen LogP contribution < -0.4 is 9.47 Å². The van der Waals surface area contributed by atoms with Crippen molar-refractivity contribution in [2.75, 3.05) is 59.3 Å². The van der Waals surface area contributed by atoms with Crippen molar-refractivity contribution in [3.63, 3.8) is 0 Å². The molecule has 4 aliphatic rings. The molecular formula is C56H71N3O9. The minimum absolute atomic E-state index is 0.0307. The van der Waals surface area contributed by atoms with Gasteiger partial charge in [0.15, 0.2) is 0 Å². The average molecular weight is 930 g/mol. The highest BCUT2D eigenvalue weighted by atomic mass is 16.7. The van der Waals surface area contributed by atoms with Gasteiger partial charge in [-0.05, 0) is 104 Å². The van der Waals surface area contributed by atoms with Crippen molar-refractivity contribution in [2.45, 2.75) is 102 Å². The number of rotatable bonds is 24. The number of ether oxygens (including phenoxy) is 5. The Morgan fingerprint density at radius 3 is 2.46 bits per heavy atom. The molecule has 12 nitrogen and oxygen atoms in total.